The van der Waals surface area contributed by atoms with E-state index >= 15 is 0 Å². The van der Waals surface area contributed by atoms with Crippen LogP contribution in [0.4, 0.5) is 0 Å². The zero-order valence-electron chi connectivity index (χ0n) is 18.7. The van der Waals surface area contributed by atoms with Gasteiger partial charge >= 0.3 is 0 Å². The van der Waals surface area contributed by atoms with Crippen molar-refractivity contribution < 1.29 is 14.3 Å². The minimum absolute atomic E-state index is 0.0511. The van der Waals surface area contributed by atoms with Gasteiger partial charge in [-0.3, -0.25) is 4.79 Å². The molecule has 2 aromatic rings. The maximum Gasteiger partial charge on any atom is 0.224 e. The molecule has 4 heteroatoms. The highest BCUT2D eigenvalue weighted by molar-refractivity contribution is 8.14. The van der Waals surface area contributed by atoms with E-state index in [0.717, 1.165) is 53.6 Å². The van der Waals surface area contributed by atoms with Gasteiger partial charge in [0.05, 0.1) is 13.2 Å². The number of aryl methyl sites for hydroxylation is 1. The lowest BCUT2D eigenvalue weighted by Gasteiger charge is -2.10. The molecule has 0 heterocycles. The van der Waals surface area contributed by atoms with Crippen molar-refractivity contribution in [3.05, 3.63) is 53.6 Å². The topological polar surface area (TPSA) is 35.5 Å². The van der Waals surface area contributed by atoms with E-state index in [1.165, 1.54) is 50.3 Å². The van der Waals surface area contributed by atoms with Gasteiger partial charge in [-0.2, -0.15) is 0 Å². The monoisotopic (exact) mass is 428 g/mol. The van der Waals surface area contributed by atoms with Crippen LogP contribution in [0.3, 0.4) is 0 Å². The van der Waals surface area contributed by atoms with Crippen LogP contribution in [0.2, 0.25) is 0 Å². The van der Waals surface area contributed by atoms with Crippen LogP contribution in [0.25, 0.3) is 0 Å². The number of carbonyl (C=O) groups excluding carboxylic acids is 1. The first-order chi connectivity index (χ1) is 14.6. The predicted octanol–water partition coefficient (Wildman–Crippen LogP) is 7.85. The second kappa shape index (κ2) is 14.1. The molecule has 164 valence electrons. The molecule has 0 aliphatic rings. The molecule has 0 saturated heterocycles. The summed E-state index contributed by atoms with van der Waals surface area (Å²) in [6, 6.07) is 13.5. The maximum absolute atomic E-state index is 12.7. The number of carbonyl (C=O) groups is 1. The maximum atomic E-state index is 12.7. The summed E-state index contributed by atoms with van der Waals surface area (Å²) in [6.07, 6.45) is 9.52. The predicted molar refractivity (Wildman–Crippen MR) is 127 cm³/mol. The van der Waals surface area contributed by atoms with E-state index in [-0.39, 0.29) is 5.12 Å². The molecular formula is C26H36O3S. The Balaban J connectivity index is 1.82. The molecule has 0 atom stereocenters. The van der Waals surface area contributed by atoms with E-state index in [1.807, 2.05) is 49.4 Å². The van der Waals surface area contributed by atoms with E-state index in [9.17, 15) is 4.79 Å². The Bertz CT molecular complexity index is 755. The summed E-state index contributed by atoms with van der Waals surface area (Å²) in [7, 11) is 0. The Kier molecular flexibility index (Phi) is 11.5. The molecule has 0 radical (unpaired) electrons. The van der Waals surface area contributed by atoms with Crippen molar-refractivity contribution in [2.24, 2.45) is 0 Å². The Morgan fingerprint density at radius 1 is 0.767 bits per heavy atom. The molecule has 0 aliphatic carbocycles. The number of unbranched alkanes of at least 4 members (excludes halogenated alkanes) is 6. The van der Waals surface area contributed by atoms with E-state index in [4.69, 9.17) is 9.47 Å². The van der Waals surface area contributed by atoms with Gasteiger partial charge in [0.1, 0.15) is 11.5 Å². The number of rotatable bonds is 14. The summed E-state index contributed by atoms with van der Waals surface area (Å²) in [5, 5.41) is 0.0511. The lowest BCUT2D eigenvalue weighted by Crippen LogP contribution is -2.01. The normalized spacial score (nSPS) is 10.8. The van der Waals surface area contributed by atoms with Gasteiger partial charge in [-0.1, -0.05) is 52.4 Å². The van der Waals surface area contributed by atoms with Gasteiger partial charge in [0.25, 0.3) is 0 Å². The molecule has 2 rings (SSSR count). The molecule has 30 heavy (non-hydrogen) atoms. The molecule has 0 N–H and O–H groups in total. The van der Waals surface area contributed by atoms with Crippen LogP contribution < -0.4 is 9.47 Å². The van der Waals surface area contributed by atoms with Crippen molar-refractivity contribution >= 4 is 16.9 Å². The summed E-state index contributed by atoms with van der Waals surface area (Å²) in [5.41, 5.74) is 1.68. The van der Waals surface area contributed by atoms with Gasteiger partial charge in [-0.15, -0.1) is 0 Å². The molecule has 0 fully saturated rings. The summed E-state index contributed by atoms with van der Waals surface area (Å²) < 4.78 is 11.6. The van der Waals surface area contributed by atoms with Gasteiger partial charge in [0.2, 0.25) is 5.12 Å². The molecule has 0 aliphatic heterocycles. The van der Waals surface area contributed by atoms with E-state index in [2.05, 4.69) is 13.8 Å². The first-order valence-corrected chi connectivity index (χ1v) is 12.1. The van der Waals surface area contributed by atoms with Crippen LogP contribution in [0.5, 0.6) is 11.5 Å². The van der Waals surface area contributed by atoms with Gasteiger partial charge in [-0.25, -0.2) is 0 Å². The average Bonchev–Trinajstić information content (AvgIpc) is 2.74. The van der Waals surface area contributed by atoms with Crippen molar-refractivity contribution in [2.45, 2.75) is 77.0 Å². The minimum Gasteiger partial charge on any atom is -0.494 e. The van der Waals surface area contributed by atoms with Gasteiger partial charge in [0.15, 0.2) is 0 Å². The Morgan fingerprint density at radius 2 is 1.33 bits per heavy atom. The molecule has 0 amide bonds. The third kappa shape index (κ3) is 8.83. The molecular weight excluding hydrogens is 392 g/mol. The number of hydrogen-bond acceptors (Lipinski definition) is 4. The third-order valence-corrected chi connectivity index (χ3v) is 5.90. The van der Waals surface area contributed by atoms with Gasteiger partial charge in [0, 0.05) is 10.5 Å². The van der Waals surface area contributed by atoms with E-state index in [0.29, 0.717) is 0 Å². The fourth-order valence-corrected chi connectivity index (χ4v) is 3.98. The zero-order chi connectivity index (χ0) is 21.6. The van der Waals surface area contributed by atoms with Crippen LogP contribution in [0, 0.1) is 6.92 Å². The summed E-state index contributed by atoms with van der Waals surface area (Å²) in [5.74, 6) is 1.70. The minimum atomic E-state index is 0.0511. The fourth-order valence-electron chi connectivity index (χ4n) is 3.16. The van der Waals surface area contributed by atoms with Crippen LogP contribution >= 0.6 is 11.8 Å². The van der Waals surface area contributed by atoms with Crippen LogP contribution in [-0.4, -0.2) is 18.3 Å². The SMILES string of the molecule is CCCCCCOc1ccc(SC(=O)c2ccc(OCCCCCC)cc2C)cc1. The smallest absolute Gasteiger partial charge is 0.224 e. The third-order valence-electron chi connectivity index (χ3n) is 4.99. The second-order valence-electron chi connectivity index (χ2n) is 7.66. The average molecular weight is 429 g/mol. The quantitative estimate of drug-likeness (QED) is 0.227. The van der Waals surface area contributed by atoms with Crippen LogP contribution in [0.15, 0.2) is 47.4 Å². The first kappa shape index (κ1) is 24.3. The highest BCUT2D eigenvalue weighted by Gasteiger charge is 2.12. The van der Waals surface area contributed by atoms with Gasteiger partial charge < -0.3 is 9.47 Å². The fraction of sp³-hybridized carbons (Fsp3) is 0.500. The summed E-state index contributed by atoms with van der Waals surface area (Å²) in [4.78, 5) is 13.7. The second-order valence-corrected chi connectivity index (χ2v) is 8.70. The number of thioether (sulfide) groups is 1. The molecule has 0 bridgehead atoms. The molecule has 3 nitrogen and oxygen atoms in total. The van der Waals surface area contributed by atoms with E-state index in [1.54, 1.807) is 0 Å². The highest BCUT2D eigenvalue weighted by Crippen LogP contribution is 2.28. The zero-order valence-corrected chi connectivity index (χ0v) is 19.6. The number of hydrogen-bond donors (Lipinski definition) is 0. The molecule has 0 aromatic heterocycles. The lowest BCUT2D eigenvalue weighted by atomic mass is 10.1. The van der Waals surface area contributed by atoms with Crippen molar-refractivity contribution in [2.75, 3.05) is 13.2 Å². The summed E-state index contributed by atoms with van der Waals surface area (Å²) in [6.45, 7) is 7.85. The van der Waals surface area contributed by atoms with Crippen molar-refractivity contribution in [1.29, 1.82) is 0 Å². The Labute approximate surface area is 186 Å². The number of benzene rings is 2. The van der Waals surface area contributed by atoms with Crippen LogP contribution in [-0.2, 0) is 0 Å². The van der Waals surface area contributed by atoms with Crippen molar-refractivity contribution in [3.8, 4) is 11.5 Å². The molecule has 0 spiro atoms. The molecule has 0 unspecified atom stereocenters. The Morgan fingerprint density at radius 3 is 1.90 bits per heavy atom. The van der Waals surface area contributed by atoms with Crippen LogP contribution in [0.1, 0.15) is 81.1 Å². The standard InChI is InChI=1S/C26H36O3S/c1-4-6-8-10-18-28-22-12-15-24(16-13-22)30-26(27)25-17-14-23(20-21(25)3)29-19-11-9-7-5-2/h12-17,20H,4-11,18-19H2,1-3H3. The lowest BCUT2D eigenvalue weighted by molar-refractivity contribution is 0.108. The van der Waals surface area contributed by atoms with Gasteiger partial charge in [-0.05, 0) is 79.6 Å². The van der Waals surface area contributed by atoms with E-state index < -0.39 is 0 Å². The van der Waals surface area contributed by atoms with Crippen molar-refractivity contribution in [3.63, 3.8) is 0 Å². The van der Waals surface area contributed by atoms with Crippen molar-refractivity contribution in [1.82, 2.24) is 0 Å². The highest BCUT2D eigenvalue weighted by atomic mass is 32.2. The number of ether oxygens (including phenoxy) is 2. The molecule has 2 aromatic carbocycles. The molecule has 0 saturated carbocycles. The largest absolute Gasteiger partial charge is 0.494 e. The Hall–Kier alpha value is -1.94. The summed E-state index contributed by atoms with van der Waals surface area (Å²) >= 11 is 1.25. The first-order valence-electron chi connectivity index (χ1n) is 11.3.